The molecule has 2 heterocycles. The molecule has 1 aliphatic heterocycles. The van der Waals surface area contributed by atoms with E-state index in [1.54, 1.807) is 37.4 Å². The molecule has 1 saturated heterocycles. The Morgan fingerprint density at radius 2 is 1.83 bits per heavy atom. The summed E-state index contributed by atoms with van der Waals surface area (Å²) >= 11 is 10.7. The van der Waals surface area contributed by atoms with Crippen molar-refractivity contribution in [1.82, 2.24) is 20.2 Å². The van der Waals surface area contributed by atoms with E-state index in [0.717, 1.165) is 38.2 Å². The van der Waals surface area contributed by atoms with Gasteiger partial charge < -0.3 is 14.8 Å². The van der Waals surface area contributed by atoms with Crippen molar-refractivity contribution in [2.45, 2.75) is 45.1 Å². The van der Waals surface area contributed by atoms with Crippen LogP contribution in [0.25, 0.3) is 22.0 Å². The van der Waals surface area contributed by atoms with E-state index < -0.39 is 33.3 Å². The summed E-state index contributed by atoms with van der Waals surface area (Å²) in [4.78, 5) is 58.2. The number of carbonyl (C=O) groups is 4. The van der Waals surface area contributed by atoms with Crippen LogP contribution in [-0.4, -0.2) is 87.8 Å². The fourth-order valence-electron chi connectivity index (χ4n) is 6.82. The number of nitrogens with zero attached hydrogens (tertiary/aromatic N) is 5. The molecule has 2 atom stereocenters. The summed E-state index contributed by atoms with van der Waals surface area (Å²) in [5, 5.41) is 26.4. The van der Waals surface area contributed by atoms with E-state index in [1.165, 1.54) is 7.05 Å². The number of hydrogen-bond acceptors (Lipinski definition) is 13. The van der Waals surface area contributed by atoms with Crippen LogP contribution in [-0.2, 0) is 24.5 Å². The number of piperidine rings is 1. The highest BCUT2D eigenvalue weighted by Crippen LogP contribution is 2.39. The number of aromatic nitrogens is 2. The largest absolute Gasteiger partial charge is 0.488 e. The standard InChI is InChI=1S/C43H43ClN8O7S/c1-26-19-33(10-11-34(26)41(56)51(25-53)37-13-14-38(54)49-40(37)55)46-15-16-58-17-18-59-39-29(23-45)21-32(22-35(39)44)43(2,3)31-8-5-27(6-9-31)28-7-12-36-30(20-28)24-47-42(48-36)50-52(4,57)60/h5-12,19-22,24-25,37,57,60H,13-18H2,1-4H3,(H2-,46,47,48,49,50,54,55,56)/p+1. The molecule has 1 fully saturated rings. The molecule has 0 saturated carbocycles. The zero-order chi connectivity index (χ0) is 43.2. The average molecular weight is 852 g/mol. The van der Waals surface area contributed by atoms with Gasteiger partial charge in [0, 0.05) is 41.2 Å². The first-order valence-electron chi connectivity index (χ1n) is 19.0. The summed E-state index contributed by atoms with van der Waals surface area (Å²) in [5.74, 6) is -1.21. The molecule has 4 amide bonds. The Balaban J connectivity index is 0.997. The highest BCUT2D eigenvalue weighted by Gasteiger charge is 2.35. The number of anilines is 2. The smallest absolute Gasteiger partial charge is 0.273 e. The van der Waals surface area contributed by atoms with Crippen LogP contribution in [0.3, 0.4) is 0 Å². The third-order valence-corrected chi connectivity index (χ3v) is 10.5. The van der Waals surface area contributed by atoms with Crippen LogP contribution < -0.4 is 20.8 Å². The van der Waals surface area contributed by atoms with Gasteiger partial charge in [-0.25, -0.2) is 9.97 Å². The second kappa shape index (κ2) is 18.4. The molecule has 0 aliphatic carbocycles. The van der Waals surface area contributed by atoms with E-state index in [1.807, 2.05) is 36.4 Å². The molecule has 4 aromatic carbocycles. The fraction of sp³-hybridized carbons (Fsp3) is 0.279. The molecule has 0 radical (unpaired) electrons. The van der Waals surface area contributed by atoms with Gasteiger partial charge in [-0.1, -0.05) is 55.8 Å². The van der Waals surface area contributed by atoms with Gasteiger partial charge in [-0.05, 0) is 87.8 Å². The van der Waals surface area contributed by atoms with Crippen LogP contribution in [0.5, 0.6) is 5.75 Å². The number of hydroxylamine groups is 1. The second-order valence-corrected chi connectivity index (χ2v) is 16.0. The van der Waals surface area contributed by atoms with E-state index in [0.29, 0.717) is 41.2 Å². The fourth-order valence-corrected chi connectivity index (χ4v) is 7.18. The molecule has 15 nitrogen and oxygen atoms in total. The molecule has 2 unspecified atom stereocenters. The molecule has 0 spiro atoms. The molecule has 310 valence electrons. The van der Waals surface area contributed by atoms with Gasteiger partial charge in [0.2, 0.25) is 18.2 Å². The molecule has 1 aliphatic rings. The molecule has 1 aromatic heterocycles. The Hall–Kier alpha value is -6.09. The monoisotopic (exact) mass is 851 g/mol. The van der Waals surface area contributed by atoms with Gasteiger partial charge in [-0.15, -0.1) is 0 Å². The third-order valence-electron chi connectivity index (χ3n) is 10.1. The van der Waals surface area contributed by atoms with Gasteiger partial charge in [0.25, 0.3) is 11.9 Å². The number of rotatable bonds is 16. The number of quaternary nitrogens is 1. The number of halogens is 1. The van der Waals surface area contributed by atoms with Gasteiger partial charge in [0.15, 0.2) is 5.75 Å². The van der Waals surface area contributed by atoms with E-state index in [2.05, 4.69) is 70.9 Å². The number of hydrogen-bond donors (Lipinski definition) is 5. The number of fused-ring (bicyclic) bond motifs is 1. The van der Waals surface area contributed by atoms with Gasteiger partial charge in [-0.2, -0.15) is 15.9 Å². The van der Waals surface area contributed by atoms with Crippen molar-refractivity contribution in [1.29, 1.82) is 5.26 Å². The number of amides is 4. The van der Waals surface area contributed by atoms with Crippen molar-refractivity contribution in [2.75, 3.05) is 44.2 Å². The average Bonchev–Trinajstić information content (AvgIpc) is 3.21. The van der Waals surface area contributed by atoms with Gasteiger partial charge in [0.1, 0.15) is 38.6 Å². The lowest BCUT2D eigenvalue weighted by Crippen LogP contribution is -2.53. The summed E-state index contributed by atoms with van der Waals surface area (Å²) in [5.41, 5.74) is 8.63. The molecule has 6 rings (SSSR count). The van der Waals surface area contributed by atoms with E-state index in [-0.39, 0.29) is 43.3 Å². The molecule has 5 aromatic rings. The molecule has 0 bridgehead atoms. The predicted octanol–water partition coefficient (Wildman–Crippen LogP) is 6.38. The first kappa shape index (κ1) is 43.5. The van der Waals surface area contributed by atoms with Crippen LogP contribution in [0.15, 0.2) is 79.0 Å². The Morgan fingerprint density at radius 3 is 2.52 bits per heavy atom. The Kier molecular flexibility index (Phi) is 13.4. The van der Waals surface area contributed by atoms with Gasteiger partial charge in [-0.3, -0.25) is 29.4 Å². The van der Waals surface area contributed by atoms with Gasteiger partial charge in [0.05, 0.1) is 29.3 Å². The minimum absolute atomic E-state index is 0.0420. The summed E-state index contributed by atoms with van der Waals surface area (Å²) in [7, 11) is 1.43. The first-order valence-corrected chi connectivity index (χ1v) is 19.7. The molecular formula is C43H44ClN8O7S+. The highest BCUT2D eigenvalue weighted by atomic mass is 35.5. The zero-order valence-electron chi connectivity index (χ0n) is 33.4. The summed E-state index contributed by atoms with van der Waals surface area (Å²) < 4.78 is 10.9. The van der Waals surface area contributed by atoms with Crippen molar-refractivity contribution in [3.05, 3.63) is 112 Å². The summed E-state index contributed by atoms with van der Waals surface area (Å²) in [6, 6.07) is 23.9. The van der Waals surface area contributed by atoms with Crippen LogP contribution in [0.2, 0.25) is 5.02 Å². The van der Waals surface area contributed by atoms with Crippen molar-refractivity contribution in [2.24, 2.45) is 0 Å². The minimum Gasteiger partial charge on any atom is -0.488 e. The van der Waals surface area contributed by atoms with Crippen LogP contribution in [0.4, 0.5) is 11.6 Å². The summed E-state index contributed by atoms with van der Waals surface area (Å²) in [6.07, 6.45) is 2.12. The number of aryl methyl sites for hydroxylation is 1. The second-order valence-electron chi connectivity index (χ2n) is 14.8. The Labute approximate surface area is 357 Å². The predicted molar refractivity (Wildman–Crippen MR) is 228 cm³/mol. The number of nitrogens with one attached hydrogen (secondary N) is 3. The Bertz CT molecular complexity index is 2490. The van der Waals surface area contributed by atoms with Crippen LogP contribution in [0.1, 0.15) is 59.3 Å². The summed E-state index contributed by atoms with van der Waals surface area (Å²) in [6.45, 7) is 7.02. The lowest BCUT2D eigenvalue weighted by atomic mass is 9.77. The lowest BCUT2D eigenvalue weighted by molar-refractivity contribution is -0.955. The first-order chi connectivity index (χ1) is 28.6. The Morgan fingerprint density at radius 1 is 1.08 bits per heavy atom. The van der Waals surface area contributed by atoms with Gasteiger partial charge >= 0.3 is 0 Å². The third kappa shape index (κ3) is 10.2. The number of carbonyl (C=O) groups excluding carboxylic acids is 4. The van der Waals surface area contributed by atoms with Crippen molar-refractivity contribution < 1.29 is 38.0 Å². The zero-order valence-corrected chi connectivity index (χ0v) is 35.0. The van der Waals surface area contributed by atoms with Crippen molar-refractivity contribution >= 4 is 71.1 Å². The van der Waals surface area contributed by atoms with Crippen molar-refractivity contribution in [3.8, 4) is 22.9 Å². The van der Waals surface area contributed by atoms with E-state index >= 15 is 0 Å². The highest BCUT2D eigenvalue weighted by molar-refractivity contribution is 7.74. The van der Waals surface area contributed by atoms with E-state index in [9.17, 15) is 29.6 Å². The number of imide groups is 2. The molecule has 17 heteroatoms. The maximum absolute atomic E-state index is 13.1. The number of thiol groups is 1. The minimum atomic E-state index is -1.05. The number of benzene rings is 4. The van der Waals surface area contributed by atoms with E-state index in [4.69, 9.17) is 21.1 Å². The number of ether oxygens (including phenoxy) is 2. The topological polar surface area (TPSA) is 196 Å². The normalized spacial score (nSPS) is 15.1. The lowest BCUT2D eigenvalue weighted by Gasteiger charge is -2.28. The molecular weight excluding hydrogens is 808 g/mol. The SMILES string of the molecule is Cc1cc(NCCOCCOc2c(Cl)cc(C(C)(C)c3ccc(-c4ccc5nc(N[N+](C)(O)S)ncc5c4)cc3)cc2C#N)ccc1C(=O)N(C=O)C1CCC(=O)NC1=O. The van der Waals surface area contributed by atoms with Crippen LogP contribution >= 0.6 is 24.4 Å². The number of nitriles is 1. The van der Waals surface area contributed by atoms with Crippen LogP contribution in [0, 0.1) is 18.3 Å². The maximum Gasteiger partial charge on any atom is 0.273 e. The van der Waals surface area contributed by atoms with Crippen molar-refractivity contribution in [3.63, 3.8) is 0 Å². The maximum atomic E-state index is 13.1. The molecule has 4 N–H and O–H groups in total. The quantitative estimate of drug-likeness (QED) is 0.0184. The molecule has 60 heavy (non-hydrogen) atoms.